The van der Waals surface area contributed by atoms with Gasteiger partial charge in [0.2, 0.25) is 0 Å². The Labute approximate surface area is 98.6 Å². The van der Waals surface area contributed by atoms with E-state index in [9.17, 15) is 9.90 Å². The first kappa shape index (κ1) is 13.5. The van der Waals surface area contributed by atoms with E-state index in [-0.39, 0.29) is 18.7 Å². The Balaban J connectivity index is 2.69. The van der Waals surface area contributed by atoms with Gasteiger partial charge in [-0.1, -0.05) is 13.1 Å². The van der Waals surface area contributed by atoms with E-state index >= 15 is 0 Å². The molecule has 0 bridgehead atoms. The van der Waals surface area contributed by atoms with Crippen LogP contribution in [0, 0.1) is 0 Å². The number of rotatable bonds is 1. The minimum Gasteiger partial charge on any atom is -0.444 e. The lowest BCUT2D eigenvalue weighted by Gasteiger charge is -2.28. The van der Waals surface area contributed by atoms with Crippen molar-refractivity contribution in [3.8, 4) is 0 Å². The molecule has 94 valence electrons. The van der Waals surface area contributed by atoms with Crippen molar-refractivity contribution in [2.45, 2.75) is 51.6 Å². The maximum absolute atomic E-state index is 11.9. The first-order valence-corrected chi connectivity index (χ1v) is 9.16. The monoisotopic (exact) mass is 245 g/mol. The van der Waals surface area contributed by atoms with Gasteiger partial charge in [0.05, 0.1) is 20.7 Å². The van der Waals surface area contributed by atoms with Gasteiger partial charge in [-0.15, -0.1) is 0 Å². The zero-order chi connectivity index (χ0) is 12.6. The lowest BCUT2D eigenvalue weighted by atomic mass is 10.2. The number of aliphatic hydroxyl groups excluding tert-OH is 1. The van der Waals surface area contributed by atoms with Crippen LogP contribution in [-0.4, -0.2) is 48.6 Å². The molecule has 16 heavy (non-hydrogen) atoms. The highest BCUT2D eigenvalue weighted by Crippen LogP contribution is 2.27. The van der Waals surface area contributed by atoms with Gasteiger partial charge in [0.1, 0.15) is 5.60 Å². The van der Waals surface area contributed by atoms with Crippen molar-refractivity contribution < 1.29 is 14.6 Å². The third-order valence-corrected chi connectivity index (χ3v) is 5.44. The van der Waals surface area contributed by atoms with E-state index in [4.69, 9.17) is 4.74 Å². The summed E-state index contributed by atoms with van der Waals surface area (Å²) in [6.07, 6.45) is 0.497. The van der Waals surface area contributed by atoms with Gasteiger partial charge >= 0.3 is 6.09 Å². The van der Waals surface area contributed by atoms with E-state index in [0.717, 1.165) is 12.2 Å². The largest absolute Gasteiger partial charge is 0.444 e. The number of aliphatic hydroxyl groups is 1. The molecule has 0 aromatic carbocycles. The Kier molecular flexibility index (Phi) is 3.69. The fraction of sp³-hybridized carbons (Fsp3) is 0.909. The molecule has 0 aliphatic carbocycles. The lowest BCUT2D eigenvalue weighted by Crippen LogP contribution is -2.42. The predicted octanol–water partition coefficient (Wildman–Crippen LogP) is 1.85. The number of carbonyl (C=O) groups excluding carboxylic acids is 1. The van der Waals surface area contributed by atoms with Crippen molar-refractivity contribution in [3.63, 3.8) is 0 Å². The van der Waals surface area contributed by atoms with Crippen LogP contribution in [0.4, 0.5) is 4.79 Å². The molecule has 1 amide bonds. The Morgan fingerprint density at radius 2 is 2.06 bits per heavy atom. The van der Waals surface area contributed by atoms with Gasteiger partial charge in [-0.05, 0) is 26.8 Å². The van der Waals surface area contributed by atoms with E-state index in [0.29, 0.717) is 0 Å². The highest BCUT2D eigenvalue weighted by Gasteiger charge is 2.42. The zero-order valence-electron chi connectivity index (χ0n) is 10.9. The molecule has 0 saturated carbocycles. The second-order valence-corrected chi connectivity index (χ2v) is 11.4. The van der Waals surface area contributed by atoms with Crippen LogP contribution in [0.1, 0.15) is 20.8 Å². The fourth-order valence-corrected chi connectivity index (χ4v) is 5.16. The molecular formula is C11H23NO3Si. The highest BCUT2D eigenvalue weighted by molar-refractivity contribution is 6.78. The summed E-state index contributed by atoms with van der Waals surface area (Å²) in [6.45, 7) is 10.1. The molecule has 0 unspecified atom stereocenters. The van der Waals surface area contributed by atoms with Crippen LogP contribution in [-0.2, 0) is 4.74 Å². The maximum Gasteiger partial charge on any atom is 0.410 e. The van der Waals surface area contributed by atoms with Gasteiger partial charge in [-0.3, -0.25) is 0 Å². The summed E-state index contributed by atoms with van der Waals surface area (Å²) in [5.41, 5.74) is -0.467. The summed E-state index contributed by atoms with van der Waals surface area (Å²) in [4.78, 5) is 13.6. The molecule has 1 saturated heterocycles. The fourth-order valence-electron chi connectivity index (χ4n) is 2.10. The number of ether oxygens (including phenoxy) is 1. The van der Waals surface area contributed by atoms with Gasteiger partial charge < -0.3 is 14.7 Å². The van der Waals surface area contributed by atoms with E-state index in [2.05, 4.69) is 13.1 Å². The van der Waals surface area contributed by atoms with Crippen LogP contribution in [0.3, 0.4) is 0 Å². The SMILES string of the molecule is CC(C)(C)OC(=O)N1C[Si](C)(C)C[C@@H]1CO. The third-order valence-electron chi connectivity index (χ3n) is 2.67. The maximum atomic E-state index is 11.9. The quantitative estimate of drug-likeness (QED) is 0.717. The summed E-state index contributed by atoms with van der Waals surface area (Å²) in [5, 5.41) is 9.29. The molecule has 1 aliphatic heterocycles. The molecule has 0 radical (unpaired) electrons. The van der Waals surface area contributed by atoms with Gasteiger partial charge in [0.15, 0.2) is 0 Å². The minimum absolute atomic E-state index is 0.0374. The Bertz CT molecular complexity index is 273. The van der Waals surface area contributed by atoms with E-state index < -0.39 is 13.7 Å². The molecule has 1 aliphatic rings. The van der Waals surface area contributed by atoms with Gasteiger partial charge in [0, 0.05) is 6.17 Å². The number of hydrogen-bond donors (Lipinski definition) is 1. The van der Waals surface area contributed by atoms with Crippen molar-refractivity contribution in [3.05, 3.63) is 0 Å². The van der Waals surface area contributed by atoms with Crippen molar-refractivity contribution in [1.82, 2.24) is 4.90 Å². The van der Waals surface area contributed by atoms with Crippen LogP contribution in [0.15, 0.2) is 0 Å². The van der Waals surface area contributed by atoms with Crippen molar-refractivity contribution in [2.24, 2.45) is 0 Å². The third kappa shape index (κ3) is 3.49. The molecule has 0 spiro atoms. The smallest absolute Gasteiger partial charge is 0.410 e. The lowest BCUT2D eigenvalue weighted by molar-refractivity contribution is 0.0187. The first-order chi connectivity index (χ1) is 7.14. The zero-order valence-corrected chi connectivity index (χ0v) is 11.9. The van der Waals surface area contributed by atoms with Crippen LogP contribution < -0.4 is 0 Å². The van der Waals surface area contributed by atoms with Crippen molar-refractivity contribution in [1.29, 1.82) is 0 Å². The molecule has 1 rings (SSSR count). The average Bonchev–Trinajstić information content (AvgIpc) is 2.38. The summed E-state index contributed by atoms with van der Waals surface area (Å²) < 4.78 is 5.35. The van der Waals surface area contributed by atoms with Gasteiger partial charge in [-0.2, -0.15) is 0 Å². The summed E-state index contributed by atoms with van der Waals surface area (Å²) >= 11 is 0. The predicted molar refractivity (Wildman–Crippen MR) is 66.1 cm³/mol. The number of hydrogen-bond acceptors (Lipinski definition) is 3. The topological polar surface area (TPSA) is 49.8 Å². The summed E-state index contributed by atoms with van der Waals surface area (Å²) in [5.74, 6) is 0. The molecule has 1 heterocycles. The van der Waals surface area contributed by atoms with Crippen LogP contribution in [0.5, 0.6) is 0 Å². The second-order valence-electron chi connectivity index (χ2n) is 6.31. The Morgan fingerprint density at radius 1 is 1.50 bits per heavy atom. The molecule has 4 nitrogen and oxygen atoms in total. The van der Waals surface area contributed by atoms with E-state index in [1.54, 1.807) is 4.90 Å². The molecule has 5 heteroatoms. The van der Waals surface area contributed by atoms with Crippen molar-refractivity contribution >= 4 is 14.2 Å². The highest BCUT2D eigenvalue weighted by atomic mass is 28.3. The molecule has 1 fully saturated rings. The summed E-state index contributed by atoms with van der Waals surface area (Å²) in [6, 6.07) is 0.916. The van der Waals surface area contributed by atoms with Gasteiger partial charge in [-0.25, -0.2) is 4.79 Å². The molecular weight excluding hydrogens is 222 g/mol. The minimum atomic E-state index is -1.36. The molecule has 0 aromatic rings. The number of amides is 1. The second kappa shape index (κ2) is 4.37. The Morgan fingerprint density at radius 3 is 2.50 bits per heavy atom. The van der Waals surface area contributed by atoms with Crippen molar-refractivity contribution in [2.75, 3.05) is 12.8 Å². The Hall–Kier alpha value is -0.553. The molecule has 0 aromatic heterocycles. The number of nitrogens with zero attached hydrogens (tertiary/aromatic N) is 1. The normalized spacial score (nSPS) is 24.6. The standard InChI is InChI=1S/C11H23NO3Si/c1-11(2,3)15-10(14)12-8-16(4,5)7-9(12)6-13/h9,13H,6-8H2,1-5H3/t9-/m0/s1. The van der Waals surface area contributed by atoms with Gasteiger partial charge in [0.25, 0.3) is 0 Å². The number of carbonyl (C=O) groups is 1. The average molecular weight is 245 g/mol. The molecule has 1 atom stereocenters. The van der Waals surface area contributed by atoms with Crippen LogP contribution >= 0.6 is 0 Å². The molecule has 1 N–H and O–H groups in total. The summed E-state index contributed by atoms with van der Waals surface area (Å²) in [7, 11) is -1.36. The van der Waals surface area contributed by atoms with Crippen LogP contribution in [0.25, 0.3) is 0 Å². The van der Waals surface area contributed by atoms with E-state index in [1.807, 2.05) is 20.8 Å². The van der Waals surface area contributed by atoms with Crippen LogP contribution in [0.2, 0.25) is 19.1 Å². The van der Waals surface area contributed by atoms with E-state index in [1.165, 1.54) is 0 Å². The first-order valence-electron chi connectivity index (χ1n) is 5.75.